The zero-order valence-corrected chi connectivity index (χ0v) is 53.8. The number of carbonyl (C=O) groups is 10. The first-order valence-electron chi connectivity index (χ1n) is 29.8. The molecule has 1 aliphatic heterocycles. The van der Waals surface area contributed by atoms with Crippen LogP contribution in [-0.4, -0.2) is 142 Å². The lowest BCUT2D eigenvalue weighted by Crippen LogP contribution is -2.51. The number of thiazole rings is 1. The number of primary amides is 2. The van der Waals surface area contributed by atoms with Crippen LogP contribution in [0.4, 0.5) is 5.95 Å². The number of likely N-dealkylation sites (tertiary alicyclic amines) is 1. The standard InChI is InChI=1S/C61H76N12O16S2/c1-10-20-61(8,21-11-2)91-44-29-46(75)73(58(44)84)31-45(74)67-39(18-19-47(76)77)55(81)64-30-32(5)87-48(78)17-16-24-86-42-27-35(53(62)79)25-40-49(42)71(59(68-40)69-56(82)51-37(12-3)65-33(6)88-51)22-14-15-23-72-50-41(85-9)26-36(54(63)80)28-43(50)90-60(72)70-57(83)52-38(13-4)66-34(7)89-52/h14-15,25-28,32,39,44H,10-13,16-24,29-31H2,1-9H3,(H2,62,79)(H2,63,80)(H,64,81)(H,67,74)(H,76,77)(H,68,69,82)/b15-14+,70-60?/t32-,39-,44?/m0/s1. The summed E-state index contributed by atoms with van der Waals surface area (Å²) in [5, 5.41) is 16.6. The normalized spacial score (nSPS) is 14.3. The molecule has 8 amide bonds. The number of ether oxygens (including phenoxy) is 3. The molecule has 0 spiro atoms. The third-order valence-electron chi connectivity index (χ3n) is 14.6. The Bertz CT molecular complexity index is 3870. The fraction of sp³-hybridized carbons (Fsp3) is 0.475. The number of oxazole rings is 2. The molecule has 0 aliphatic carbocycles. The molecule has 0 saturated carbocycles. The number of esters is 1. The van der Waals surface area contributed by atoms with Gasteiger partial charge in [0.25, 0.3) is 5.91 Å². The van der Waals surface area contributed by atoms with Crippen molar-refractivity contribution in [2.45, 2.75) is 161 Å². The average Bonchev–Trinajstić information content (AvgIpc) is 2.12. The summed E-state index contributed by atoms with van der Waals surface area (Å²) in [4.78, 5) is 150. The molecule has 1 saturated heterocycles. The van der Waals surface area contributed by atoms with Gasteiger partial charge in [0.05, 0.1) is 47.1 Å². The number of allylic oxidation sites excluding steroid dienone is 2. The van der Waals surface area contributed by atoms with E-state index in [0.717, 1.165) is 41.9 Å². The number of amides is 8. The summed E-state index contributed by atoms with van der Waals surface area (Å²) in [6.07, 6.45) is 5.77. The number of hydrogen-bond donors (Lipinski definition) is 6. The fourth-order valence-corrected chi connectivity index (χ4v) is 13.3. The number of carboxylic acid groups (broad SMARTS) is 1. The summed E-state index contributed by atoms with van der Waals surface area (Å²) in [7, 11) is 1.42. The Hall–Kier alpha value is -9.19. The maximum absolute atomic E-state index is 13.9. The maximum Gasteiger partial charge on any atom is 0.317 e. The molecule has 488 valence electrons. The molecule has 1 fully saturated rings. The zero-order chi connectivity index (χ0) is 66.4. The number of methoxy groups -OCH3 is 1. The van der Waals surface area contributed by atoms with Gasteiger partial charge in [-0.15, -0.1) is 11.8 Å². The second-order valence-corrected chi connectivity index (χ2v) is 24.6. The molecule has 8 N–H and O–H groups in total. The lowest BCUT2D eigenvalue weighted by atomic mass is 10.00. The number of thioether (sulfide) groups is 1. The van der Waals surface area contributed by atoms with Crippen LogP contribution in [0.1, 0.15) is 164 Å². The topological polar surface area (TPSA) is 397 Å². The third-order valence-corrected chi connectivity index (χ3v) is 17.3. The molecule has 5 heterocycles. The average molecular weight is 1300 g/mol. The van der Waals surface area contributed by atoms with E-state index in [2.05, 4.69) is 37.8 Å². The molecule has 0 radical (unpaired) electrons. The monoisotopic (exact) mass is 1300 g/mol. The summed E-state index contributed by atoms with van der Waals surface area (Å²) < 4.78 is 32.5. The number of anilines is 1. The first-order valence-corrected chi connectivity index (χ1v) is 31.5. The fourth-order valence-electron chi connectivity index (χ4n) is 10.5. The number of nitrogens with zero attached hydrogens (tertiary/aromatic N) is 7. The highest BCUT2D eigenvalue weighted by atomic mass is 32.2. The van der Waals surface area contributed by atoms with Gasteiger partial charge in [-0.25, -0.2) is 15.0 Å². The summed E-state index contributed by atoms with van der Waals surface area (Å²) in [5.41, 5.74) is 13.4. The van der Waals surface area contributed by atoms with E-state index in [0.29, 0.717) is 45.9 Å². The van der Waals surface area contributed by atoms with Crippen LogP contribution in [0.15, 0.2) is 50.2 Å². The quantitative estimate of drug-likeness (QED) is 0.0119. The molecule has 0 bridgehead atoms. The molecule has 1 unspecified atom stereocenters. The number of imide groups is 1. The molecule has 4 aromatic heterocycles. The number of aromatic nitrogens is 5. The van der Waals surface area contributed by atoms with Gasteiger partial charge in [-0.3, -0.25) is 58.2 Å². The van der Waals surface area contributed by atoms with Gasteiger partial charge >= 0.3 is 17.8 Å². The minimum atomic E-state index is -1.38. The van der Waals surface area contributed by atoms with E-state index in [1.165, 1.54) is 44.0 Å². The number of hydrogen-bond acceptors (Lipinski definition) is 20. The van der Waals surface area contributed by atoms with Crippen molar-refractivity contribution in [2.75, 3.05) is 32.1 Å². The lowest BCUT2D eigenvalue weighted by molar-refractivity contribution is -0.149. The number of carbonyl (C=O) groups excluding carboxylic acids is 9. The zero-order valence-electron chi connectivity index (χ0n) is 52.2. The summed E-state index contributed by atoms with van der Waals surface area (Å²) in [6, 6.07) is 4.49. The molecule has 30 heteroatoms. The van der Waals surface area contributed by atoms with Crippen LogP contribution >= 0.6 is 23.1 Å². The van der Waals surface area contributed by atoms with Gasteiger partial charge in [0.15, 0.2) is 16.6 Å². The van der Waals surface area contributed by atoms with Crippen molar-refractivity contribution in [1.29, 1.82) is 0 Å². The molecular weight excluding hydrogens is 1220 g/mol. The first kappa shape index (κ1) is 69.3. The van der Waals surface area contributed by atoms with Crippen LogP contribution in [0, 0.1) is 13.8 Å². The van der Waals surface area contributed by atoms with Crippen molar-refractivity contribution in [1.82, 2.24) is 39.6 Å². The van der Waals surface area contributed by atoms with Crippen LogP contribution in [0.5, 0.6) is 11.5 Å². The maximum atomic E-state index is 13.9. The van der Waals surface area contributed by atoms with Crippen molar-refractivity contribution >= 4 is 109 Å². The Labute approximate surface area is 531 Å². The van der Waals surface area contributed by atoms with E-state index in [1.54, 1.807) is 41.2 Å². The van der Waals surface area contributed by atoms with Crippen LogP contribution in [0.2, 0.25) is 0 Å². The summed E-state index contributed by atoms with van der Waals surface area (Å²) >= 11 is 2.54. The van der Waals surface area contributed by atoms with Gasteiger partial charge in [-0.1, -0.05) is 70.9 Å². The molecule has 2 aromatic carbocycles. The highest BCUT2D eigenvalue weighted by Gasteiger charge is 2.43. The number of benzene rings is 2. The number of imidazole rings is 1. The SMILES string of the molecule is CCCC(C)(CCC)SC1CC(=O)N(CC(=O)N[C@@H](CCC(=O)O)C(=O)NC[C@H](C)OC(=O)CCCOc2cc(C(N)=O)cc3nc(NC(=O)c4oc(C)nc4CC)n(C/C=C/Cn4c(=NC(=O)c5oc(C)nc5CC)sc5cc(C(N)=O)cc(OC)c54)c23)C1=O. The van der Waals surface area contributed by atoms with Crippen LogP contribution in [0.25, 0.3) is 21.3 Å². The highest BCUT2D eigenvalue weighted by molar-refractivity contribution is 8.02. The number of carboxylic acids is 1. The van der Waals surface area contributed by atoms with Gasteiger partial charge in [-0.2, -0.15) is 4.99 Å². The minimum absolute atomic E-state index is 0.00327. The van der Waals surface area contributed by atoms with E-state index in [4.69, 9.17) is 39.5 Å². The van der Waals surface area contributed by atoms with Crippen molar-refractivity contribution in [3.05, 3.63) is 87.0 Å². The van der Waals surface area contributed by atoms with Crippen molar-refractivity contribution < 1.29 is 76.1 Å². The van der Waals surface area contributed by atoms with E-state index in [1.807, 2.05) is 27.7 Å². The Morgan fingerprint density at radius 1 is 0.868 bits per heavy atom. The molecule has 3 atom stereocenters. The highest BCUT2D eigenvalue weighted by Crippen LogP contribution is 2.41. The first-order chi connectivity index (χ1) is 43.3. The van der Waals surface area contributed by atoms with E-state index >= 15 is 0 Å². The number of aliphatic carboxylic acids is 1. The number of fused-ring (bicyclic) bond motifs is 2. The second-order valence-electron chi connectivity index (χ2n) is 21.8. The molecule has 28 nitrogen and oxygen atoms in total. The van der Waals surface area contributed by atoms with Crippen molar-refractivity contribution in [3.63, 3.8) is 0 Å². The van der Waals surface area contributed by atoms with Crippen LogP contribution in [0.3, 0.4) is 0 Å². The number of nitrogens with two attached hydrogens (primary N) is 2. The molecule has 6 aromatic rings. The second kappa shape index (κ2) is 31.0. The molecular formula is C61H76N12O16S2. The van der Waals surface area contributed by atoms with Gasteiger partial charge < -0.3 is 59.4 Å². The smallest absolute Gasteiger partial charge is 0.317 e. The lowest BCUT2D eigenvalue weighted by Gasteiger charge is -2.30. The summed E-state index contributed by atoms with van der Waals surface area (Å²) in [5.74, 6) is -6.63. The minimum Gasteiger partial charge on any atom is -0.494 e. The van der Waals surface area contributed by atoms with Crippen LogP contribution in [-0.2, 0) is 59.4 Å². The number of nitrogens with one attached hydrogen (secondary N) is 3. The summed E-state index contributed by atoms with van der Waals surface area (Å²) in [6.45, 7) is 13.5. The Balaban J connectivity index is 1.06. The van der Waals surface area contributed by atoms with Gasteiger partial charge in [0.1, 0.15) is 41.2 Å². The number of aryl methyl sites for hydroxylation is 4. The molecule has 7 rings (SSSR count). The third kappa shape index (κ3) is 17.4. The van der Waals surface area contributed by atoms with E-state index in [9.17, 15) is 53.1 Å². The van der Waals surface area contributed by atoms with Gasteiger partial charge in [-0.05, 0) is 69.7 Å². The molecule has 91 heavy (non-hydrogen) atoms. The Kier molecular flexibility index (Phi) is 23.6. The van der Waals surface area contributed by atoms with Gasteiger partial charge in [0.2, 0.25) is 52.9 Å². The van der Waals surface area contributed by atoms with E-state index in [-0.39, 0.29) is 113 Å². The van der Waals surface area contributed by atoms with Crippen LogP contribution < -0.4 is 41.7 Å². The largest absolute Gasteiger partial charge is 0.494 e. The van der Waals surface area contributed by atoms with Gasteiger partial charge in [0, 0.05) is 62.1 Å². The predicted molar refractivity (Wildman–Crippen MR) is 334 cm³/mol. The molecule has 1 aliphatic rings. The van der Waals surface area contributed by atoms with Crippen molar-refractivity contribution in [2.24, 2.45) is 16.5 Å². The predicted octanol–water partition coefficient (Wildman–Crippen LogP) is 6.00. The van der Waals surface area contributed by atoms with Crippen molar-refractivity contribution in [3.8, 4) is 11.5 Å². The Morgan fingerprint density at radius 2 is 1.49 bits per heavy atom. The van der Waals surface area contributed by atoms with E-state index < -0.39 is 89.6 Å². The Morgan fingerprint density at radius 3 is 2.12 bits per heavy atom. The number of rotatable bonds is 33.